The van der Waals surface area contributed by atoms with Gasteiger partial charge in [0.15, 0.2) is 5.82 Å². The molecule has 148 valence electrons. The molecular formula is C22H30N6. The average Bonchev–Trinajstić information content (AvgIpc) is 2.75. The van der Waals surface area contributed by atoms with Gasteiger partial charge in [-0.15, -0.1) is 5.10 Å². The number of hydrogen-bond acceptors (Lipinski definition) is 6. The first kappa shape index (κ1) is 18.9. The van der Waals surface area contributed by atoms with Crippen LogP contribution >= 0.6 is 0 Å². The van der Waals surface area contributed by atoms with Gasteiger partial charge in [0.1, 0.15) is 0 Å². The second-order valence-electron chi connectivity index (χ2n) is 7.91. The van der Waals surface area contributed by atoms with E-state index in [0.29, 0.717) is 5.92 Å². The third-order valence-electron chi connectivity index (χ3n) is 5.64. The topological polar surface area (TPSA) is 48.4 Å². The zero-order valence-corrected chi connectivity index (χ0v) is 16.7. The van der Waals surface area contributed by atoms with Crippen molar-refractivity contribution < 1.29 is 0 Å². The molecule has 0 aliphatic carbocycles. The van der Waals surface area contributed by atoms with Crippen LogP contribution in [0.2, 0.25) is 0 Å². The van der Waals surface area contributed by atoms with Crippen LogP contribution in [0.3, 0.4) is 0 Å². The van der Waals surface area contributed by atoms with Crippen LogP contribution < -0.4 is 9.80 Å². The molecule has 1 aromatic heterocycles. The fourth-order valence-electron chi connectivity index (χ4n) is 4.00. The first-order valence-corrected chi connectivity index (χ1v) is 10.4. The van der Waals surface area contributed by atoms with E-state index in [0.717, 1.165) is 57.6 Å². The molecule has 2 aliphatic rings. The van der Waals surface area contributed by atoms with Gasteiger partial charge in [0.25, 0.3) is 0 Å². The smallest absolute Gasteiger partial charge is 0.247 e. The van der Waals surface area contributed by atoms with E-state index in [-0.39, 0.29) is 0 Å². The van der Waals surface area contributed by atoms with E-state index in [1.807, 2.05) is 6.20 Å². The largest absolute Gasteiger partial charge is 0.353 e. The summed E-state index contributed by atoms with van der Waals surface area (Å²) in [5.74, 6) is 2.45. The fraction of sp³-hybridized carbons (Fsp3) is 0.500. The number of piperidine rings is 1. The maximum absolute atomic E-state index is 4.83. The minimum Gasteiger partial charge on any atom is -0.353 e. The lowest BCUT2D eigenvalue weighted by Crippen LogP contribution is -2.46. The molecule has 0 radical (unpaired) electrons. The quantitative estimate of drug-likeness (QED) is 0.797. The second kappa shape index (κ2) is 9.15. The van der Waals surface area contributed by atoms with Crippen LogP contribution in [-0.4, -0.2) is 65.9 Å². The first-order valence-electron chi connectivity index (χ1n) is 10.4. The van der Waals surface area contributed by atoms with Gasteiger partial charge in [0.05, 0.1) is 6.20 Å². The van der Waals surface area contributed by atoms with Crippen molar-refractivity contribution in [3.05, 3.63) is 48.2 Å². The van der Waals surface area contributed by atoms with E-state index in [1.54, 1.807) is 0 Å². The molecule has 6 heteroatoms. The Labute approximate surface area is 167 Å². The van der Waals surface area contributed by atoms with E-state index < -0.39 is 0 Å². The normalized spacial score (nSPS) is 21.4. The fourth-order valence-corrected chi connectivity index (χ4v) is 4.00. The Bertz CT molecular complexity index is 770. The Morgan fingerprint density at radius 3 is 2.64 bits per heavy atom. The Morgan fingerprint density at radius 1 is 1.04 bits per heavy atom. The molecule has 3 heterocycles. The number of benzene rings is 1. The minimum atomic E-state index is 0.702. The standard InChI is InChI=1S/C22H30N6/c1-19-7-5-12-28(18-19)22-24-21(17-23-25-22)27-15-13-26(14-16-27)11-6-10-20-8-3-2-4-9-20/h2-4,6,8-10,17,19H,5,7,11-16,18H2,1H3/b10-6+. The first-order chi connectivity index (χ1) is 13.8. The predicted octanol–water partition coefficient (Wildman–Crippen LogP) is 2.94. The van der Waals surface area contributed by atoms with Crippen molar-refractivity contribution in [3.8, 4) is 0 Å². The van der Waals surface area contributed by atoms with Crippen molar-refractivity contribution >= 4 is 17.8 Å². The highest BCUT2D eigenvalue weighted by molar-refractivity contribution is 5.49. The van der Waals surface area contributed by atoms with Gasteiger partial charge in [-0.3, -0.25) is 4.90 Å². The van der Waals surface area contributed by atoms with Gasteiger partial charge in [0.2, 0.25) is 5.95 Å². The molecule has 0 bridgehead atoms. The molecule has 0 spiro atoms. The summed E-state index contributed by atoms with van der Waals surface area (Å²) < 4.78 is 0. The van der Waals surface area contributed by atoms with E-state index >= 15 is 0 Å². The molecule has 0 N–H and O–H groups in total. The highest BCUT2D eigenvalue weighted by Crippen LogP contribution is 2.21. The van der Waals surface area contributed by atoms with Crippen LogP contribution in [0.1, 0.15) is 25.3 Å². The van der Waals surface area contributed by atoms with Crippen molar-refractivity contribution in [2.75, 3.05) is 55.6 Å². The van der Waals surface area contributed by atoms with Gasteiger partial charge < -0.3 is 9.80 Å². The van der Waals surface area contributed by atoms with Crippen LogP contribution in [-0.2, 0) is 0 Å². The number of nitrogens with zero attached hydrogens (tertiary/aromatic N) is 6. The second-order valence-corrected chi connectivity index (χ2v) is 7.91. The molecule has 2 saturated heterocycles. The third-order valence-corrected chi connectivity index (χ3v) is 5.64. The van der Waals surface area contributed by atoms with E-state index in [1.165, 1.54) is 18.4 Å². The summed E-state index contributed by atoms with van der Waals surface area (Å²) in [5.41, 5.74) is 1.26. The molecule has 0 amide bonds. The summed E-state index contributed by atoms with van der Waals surface area (Å²) >= 11 is 0. The zero-order valence-electron chi connectivity index (χ0n) is 16.7. The number of anilines is 2. The molecule has 1 atom stereocenters. The summed E-state index contributed by atoms with van der Waals surface area (Å²) in [7, 11) is 0. The van der Waals surface area contributed by atoms with Crippen molar-refractivity contribution in [1.82, 2.24) is 20.1 Å². The van der Waals surface area contributed by atoms with Gasteiger partial charge >= 0.3 is 0 Å². The van der Waals surface area contributed by atoms with Gasteiger partial charge in [0, 0.05) is 45.8 Å². The number of rotatable bonds is 5. The molecular weight excluding hydrogens is 348 g/mol. The van der Waals surface area contributed by atoms with Gasteiger partial charge in [-0.25, -0.2) is 0 Å². The van der Waals surface area contributed by atoms with Crippen molar-refractivity contribution in [3.63, 3.8) is 0 Å². The van der Waals surface area contributed by atoms with Crippen LogP contribution in [0.25, 0.3) is 6.08 Å². The highest BCUT2D eigenvalue weighted by Gasteiger charge is 2.22. The lowest BCUT2D eigenvalue weighted by molar-refractivity contribution is 0.283. The van der Waals surface area contributed by atoms with E-state index in [4.69, 9.17) is 4.98 Å². The Morgan fingerprint density at radius 2 is 1.86 bits per heavy atom. The molecule has 2 aromatic rings. The summed E-state index contributed by atoms with van der Waals surface area (Å²) in [6.07, 6.45) is 8.77. The Kier molecular flexibility index (Phi) is 6.17. The molecule has 6 nitrogen and oxygen atoms in total. The van der Waals surface area contributed by atoms with Gasteiger partial charge in [-0.1, -0.05) is 49.4 Å². The summed E-state index contributed by atoms with van der Waals surface area (Å²) in [6, 6.07) is 10.5. The molecule has 2 aliphatic heterocycles. The van der Waals surface area contributed by atoms with Crippen molar-refractivity contribution in [2.45, 2.75) is 19.8 Å². The molecule has 0 saturated carbocycles. The maximum Gasteiger partial charge on any atom is 0.247 e. The lowest BCUT2D eigenvalue weighted by Gasteiger charge is -2.35. The summed E-state index contributed by atoms with van der Waals surface area (Å²) in [5, 5.41) is 8.54. The number of piperazine rings is 1. The van der Waals surface area contributed by atoms with E-state index in [9.17, 15) is 0 Å². The minimum absolute atomic E-state index is 0.702. The Balaban J connectivity index is 1.30. The number of hydrogen-bond donors (Lipinski definition) is 0. The molecule has 28 heavy (non-hydrogen) atoms. The third kappa shape index (κ3) is 4.87. The SMILES string of the molecule is CC1CCCN(c2nncc(N3CCN(C/C=C/c4ccccc4)CC3)n2)C1. The van der Waals surface area contributed by atoms with E-state index in [2.05, 4.69) is 74.3 Å². The van der Waals surface area contributed by atoms with Crippen LogP contribution in [0.4, 0.5) is 11.8 Å². The molecule has 2 fully saturated rings. The summed E-state index contributed by atoms with van der Waals surface area (Å²) in [4.78, 5) is 11.9. The number of aromatic nitrogens is 3. The zero-order chi connectivity index (χ0) is 19.2. The van der Waals surface area contributed by atoms with Crippen LogP contribution in [0, 0.1) is 5.92 Å². The Hall–Kier alpha value is -2.47. The summed E-state index contributed by atoms with van der Waals surface area (Å²) in [6.45, 7) is 9.40. The van der Waals surface area contributed by atoms with Crippen LogP contribution in [0.15, 0.2) is 42.6 Å². The van der Waals surface area contributed by atoms with Gasteiger partial charge in [-0.05, 0) is 24.3 Å². The molecule has 1 unspecified atom stereocenters. The highest BCUT2D eigenvalue weighted by atomic mass is 15.4. The molecule has 4 rings (SSSR count). The van der Waals surface area contributed by atoms with Crippen LogP contribution in [0.5, 0.6) is 0 Å². The monoisotopic (exact) mass is 378 g/mol. The van der Waals surface area contributed by atoms with Gasteiger partial charge in [-0.2, -0.15) is 10.1 Å². The lowest BCUT2D eigenvalue weighted by atomic mass is 10.0. The predicted molar refractivity (Wildman–Crippen MR) is 115 cm³/mol. The van der Waals surface area contributed by atoms with Crippen molar-refractivity contribution in [1.29, 1.82) is 0 Å². The molecule has 1 aromatic carbocycles. The van der Waals surface area contributed by atoms with Crippen molar-refractivity contribution in [2.24, 2.45) is 5.92 Å². The average molecular weight is 379 g/mol. The maximum atomic E-state index is 4.83.